The average Bonchev–Trinajstić information content (AvgIpc) is 3.35. The number of anilines is 1. The Bertz CT molecular complexity index is 1290. The summed E-state index contributed by atoms with van der Waals surface area (Å²) >= 11 is 6.24. The Morgan fingerprint density at radius 1 is 1.03 bits per heavy atom. The summed E-state index contributed by atoms with van der Waals surface area (Å²) in [6.45, 7) is 4.15. The van der Waals surface area contributed by atoms with Gasteiger partial charge in [-0.1, -0.05) is 48.0 Å². The number of hydrogen-bond acceptors (Lipinski definition) is 5. The van der Waals surface area contributed by atoms with Gasteiger partial charge in [-0.05, 0) is 36.2 Å². The maximum Gasteiger partial charge on any atom is 0.240 e. The zero-order valence-electron chi connectivity index (χ0n) is 22.0. The Morgan fingerprint density at radius 3 is 2.51 bits per heavy atom. The lowest BCUT2D eigenvalue weighted by atomic mass is 10.1. The lowest BCUT2D eigenvalue weighted by Gasteiger charge is -2.38. The van der Waals surface area contributed by atoms with Crippen LogP contribution in [0.3, 0.4) is 0 Å². The molecule has 1 N–H and O–H groups in total. The highest BCUT2D eigenvalue weighted by atomic mass is 35.5. The predicted octanol–water partition coefficient (Wildman–Crippen LogP) is 4.71. The van der Waals surface area contributed by atoms with Gasteiger partial charge in [0.25, 0.3) is 0 Å². The van der Waals surface area contributed by atoms with Gasteiger partial charge in [-0.2, -0.15) is 0 Å². The molecule has 9 heteroatoms. The molecule has 0 spiro atoms. The SMILES string of the molecule is COc1ccc(Cl)cc1N1CCN(C(=O)C2CC(NCc3ccc(F)cc3F)CN2Cc2ccccc2)CC1. The molecule has 6 nitrogen and oxygen atoms in total. The van der Waals surface area contributed by atoms with Crippen LogP contribution in [0.2, 0.25) is 5.02 Å². The number of rotatable bonds is 8. The highest BCUT2D eigenvalue weighted by Gasteiger charge is 2.39. The first kappa shape index (κ1) is 27.4. The van der Waals surface area contributed by atoms with Crippen molar-refractivity contribution < 1.29 is 18.3 Å². The fourth-order valence-corrected chi connectivity index (χ4v) is 5.68. The van der Waals surface area contributed by atoms with Crippen LogP contribution in [-0.4, -0.2) is 67.6 Å². The van der Waals surface area contributed by atoms with Gasteiger partial charge in [0.2, 0.25) is 5.91 Å². The summed E-state index contributed by atoms with van der Waals surface area (Å²) in [5, 5.41) is 4.04. The number of benzene rings is 3. The molecule has 2 unspecified atom stereocenters. The van der Waals surface area contributed by atoms with E-state index in [1.165, 1.54) is 12.1 Å². The van der Waals surface area contributed by atoms with Crippen molar-refractivity contribution in [3.8, 4) is 5.75 Å². The van der Waals surface area contributed by atoms with E-state index in [1.807, 2.05) is 35.2 Å². The molecule has 2 heterocycles. The van der Waals surface area contributed by atoms with Crippen LogP contribution in [0.25, 0.3) is 0 Å². The molecule has 206 valence electrons. The van der Waals surface area contributed by atoms with Crippen molar-refractivity contribution in [3.63, 3.8) is 0 Å². The lowest BCUT2D eigenvalue weighted by molar-refractivity contribution is -0.136. The molecular formula is C30H33ClF2N4O2. The van der Waals surface area contributed by atoms with Crippen LogP contribution in [0.15, 0.2) is 66.7 Å². The molecule has 3 aromatic carbocycles. The molecule has 1 amide bonds. The number of ether oxygens (including phenoxy) is 1. The summed E-state index contributed by atoms with van der Waals surface area (Å²) in [6.07, 6.45) is 0.622. The summed E-state index contributed by atoms with van der Waals surface area (Å²) < 4.78 is 33.0. The number of carbonyl (C=O) groups excluding carboxylic acids is 1. The van der Waals surface area contributed by atoms with Crippen LogP contribution < -0.4 is 15.0 Å². The van der Waals surface area contributed by atoms with E-state index in [4.69, 9.17) is 16.3 Å². The number of carbonyl (C=O) groups is 1. The molecule has 5 rings (SSSR count). The fraction of sp³-hybridized carbons (Fsp3) is 0.367. The molecule has 2 saturated heterocycles. The fourth-order valence-electron chi connectivity index (χ4n) is 5.51. The van der Waals surface area contributed by atoms with Gasteiger partial charge in [0.05, 0.1) is 18.8 Å². The van der Waals surface area contributed by atoms with Crippen molar-refractivity contribution in [2.75, 3.05) is 44.7 Å². The Hall–Kier alpha value is -3.20. The van der Waals surface area contributed by atoms with Gasteiger partial charge in [0.15, 0.2) is 0 Å². The monoisotopic (exact) mass is 554 g/mol. The van der Waals surface area contributed by atoms with E-state index in [2.05, 4.69) is 27.2 Å². The molecule has 0 bridgehead atoms. The summed E-state index contributed by atoms with van der Waals surface area (Å²) in [5.74, 6) is -0.286. The highest BCUT2D eigenvalue weighted by Crippen LogP contribution is 2.32. The molecule has 0 aromatic heterocycles. The number of halogens is 3. The number of likely N-dealkylation sites (tertiary alicyclic amines) is 1. The Labute approximate surface area is 233 Å². The smallest absolute Gasteiger partial charge is 0.240 e. The minimum Gasteiger partial charge on any atom is -0.495 e. The number of piperazine rings is 1. The summed E-state index contributed by atoms with van der Waals surface area (Å²) in [5.41, 5.74) is 2.48. The first-order valence-electron chi connectivity index (χ1n) is 13.2. The third-order valence-electron chi connectivity index (χ3n) is 7.59. The molecule has 0 saturated carbocycles. The highest BCUT2D eigenvalue weighted by molar-refractivity contribution is 6.30. The molecule has 39 heavy (non-hydrogen) atoms. The van der Waals surface area contributed by atoms with Gasteiger partial charge >= 0.3 is 0 Å². The van der Waals surface area contributed by atoms with Gasteiger partial charge in [-0.15, -0.1) is 0 Å². The third-order valence-corrected chi connectivity index (χ3v) is 7.82. The van der Waals surface area contributed by atoms with Crippen molar-refractivity contribution in [2.45, 2.75) is 31.6 Å². The van der Waals surface area contributed by atoms with Crippen LogP contribution in [0.4, 0.5) is 14.5 Å². The van der Waals surface area contributed by atoms with Crippen LogP contribution in [0.5, 0.6) is 5.75 Å². The summed E-state index contributed by atoms with van der Waals surface area (Å²) in [6, 6.07) is 19.0. The van der Waals surface area contributed by atoms with Gasteiger partial charge in [-0.25, -0.2) is 8.78 Å². The van der Waals surface area contributed by atoms with E-state index in [-0.39, 0.29) is 24.5 Å². The van der Waals surface area contributed by atoms with Crippen molar-refractivity contribution in [3.05, 3.63) is 94.5 Å². The number of methoxy groups -OCH3 is 1. The first-order chi connectivity index (χ1) is 18.9. The van der Waals surface area contributed by atoms with Crippen LogP contribution in [0.1, 0.15) is 17.5 Å². The molecule has 2 aliphatic rings. The van der Waals surface area contributed by atoms with E-state index in [1.54, 1.807) is 13.2 Å². The Kier molecular flexibility index (Phi) is 8.65. The van der Waals surface area contributed by atoms with Crippen LogP contribution >= 0.6 is 11.6 Å². The molecule has 0 radical (unpaired) electrons. The van der Waals surface area contributed by atoms with Gasteiger partial charge in [-0.3, -0.25) is 9.69 Å². The van der Waals surface area contributed by atoms with Crippen LogP contribution in [-0.2, 0) is 17.9 Å². The van der Waals surface area contributed by atoms with Gasteiger partial charge in [0.1, 0.15) is 17.4 Å². The molecule has 2 fully saturated rings. The molecular weight excluding hydrogens is 522 g/mol. The second-order valence-electron chi connectivity index (χ2n) is 10.1. The maximum absolute atomic E-state index is 14.2. The zero-order valence-corrected chi connectivity index (χ0v) is 22.7. The second-order valence-corrected chi connectivity index (χ2v) is 10.5. The minimum absolute atomic E-state index is 0.00382. The number of nitrogens with one attached hydrogen (secondary N) is 1. The number of nitrogens with zero attached hydrogens (tertiary/aromatic N) is 3. The largest absolute Gasteiger partial charge is 0.495 e. The Morgan fingerprint density at radius 2 is 1.79 bits per heavy atom. The van der Waals surface area contributed by atoms with E-state index in [0.29, 0.717) is 56.3 Å². The van der Waals surface area contributed by atoms with Crippen molar-refractivity contribution in [2.24, 2.45) is 0 Å². The van der Waals surface area contributed by atoms with Crippen molar-refractivity contribution in [1.29, 1.82) is 0 Å². The maximum atomic E-state index is 14.2. The van der Waals surface area contributed by atoms with Crippen molar-refractivity contribution in [1.82, 2.24) is 15.1 Å². The predicted molar refractivity (Wildman–Crippen MR) is 149 cm³/mol. The Balaban J connectivity index is 1.25. The molecule has 2 aliphatic heterocycles. The van der Waals surface area contributed by atoms with E-state index in [0.717, 1.165) is 23.1 Å². The molecule has 0 aliphatic carbocycles. The topological polar surface area (TPSA) is 48.1 Å². The van der Waals surface area contributed by atoms with Gasteiger partial charge < -0.3 is 19.9 Å². The first-order valence-corrected chi connectivity index (χ1v) is 13.6. The lowest BCUT2D eigenvalue weighted by Crippen LogP contribution is -2.53. The zero-order chi connectivity index (χ0) is 27.4. The summed E-state index contributed by atoms with van der Waals surface area (Å²) in [4.78, 5) is 20.2. The number of amides is 1. The van der Waals surface area contributed by atoms with E-state index >= 15 is 0 Å². The standard InChI is InChI=1S/C30H33ClF2N4O2/c1-39-29-10-8-23(31)15-27(29)35-11-13-36(14-12-35)30(38)28-17-25(20-37(28)19-21-5-3-2-4-6-21)34-18-22-7-9-24(32)16-26(22)33/h2-10,15-16,25,28,34H,11-14,17-20H2,1H3. The average molecular weight is 555 g/mol. The van der Waals surface area contributed by atoms with Crippen molar-refractivity contribution >= 4 is 23.2 Å². The normalized spacial score (nSPS) is 19.9. The summed E-state index contributed by atoms with van der Waals surface area (Å²) in [7, 11) is 1.64. The second kappa shape index (κ2) is 12.3. The van der Waals surface area contributed by atoms with Crippen LogP contribution in [0, 0.1) is 11.6 Å². The van der Waals surface area contributed by atoms with E-state index in [9.17, 15) is 13.6 Å². The minimum atomic E-state index is -0.592. The third kappa shape index (κ3) is 6.52. The quantitative estimate of drug-likeness (QED) is 0.437. The number of hydrogen-bond donors (Lipinski definition) is 1. The molecule has 2 atom stereocenters. The van der Waals surface area contributed by atoms with Gasteiger partial charge in [0, 0.05) is 68.5 Å². The molecule has 3 aromatic rings. The van der Waals surface area contributed by atoms with E-state index < -0.39 is 11.6 Å².